The van der Waals surface area contributed by atoms with Gasteiger partial charge in [-0.1, -0.05) is 37.2 Å². The second-order valence-corrected chi connectivity index (χ2v) is 5.50. The Morgan fingerprint density at radius 1 is 1.39 bits per heavy atom. The third kappa shape index (κ3) is 3.68. The van der Waals surface area contributed by atoms with Gasteiger partial charge >= 0.3 is 0 Å². The Balaban J connectivity index is 2.06. The van der Waals surface area contributed by atoms with Crippen LogP contribution in [0.2, 0.25) is 0 Å². The fourth-order valence-corrected chi connectivity index (χ4v) is 2.84. The number of nitrogens with zero attached hydrogens (tertiary/aromatic N) is 1. The molecule has 2 rings (SSSR count). The largest absolute Gasteiger partial charge is 0.508 e. The fourth-order valence-electron chi connectivity index (χ4n) is 2.67. The number of benzene rings is 1. The number of thiocarbonyl (C=S) groups is 1. The third-order valence-electron chi connectivity index (χ3n) is 3.50. The Morgan fingerprint density at radius 3 is 2.72 bits per heavy atom. The quantitative estimate of drug-likeness (QED) is 0.802. The van der Waals surface area contributed by atoms with E-state index in [9.17, 15) is 5.11 Å². The van der Waals surface area contributed by atoms with Gasteiger partial charge in [0.15, 0.2) is 0 Å². The minimum absolute atomic E-state index is 0.314. The van der Waals surface area contributed by atoms with Crippen molar-refractivity contribution in [2.24, 2.45) is 5.73 Å². The molecule has 0 spiro atoms. The molecule has 0 aliphatic heterocycles. The maximum Gasteiger partial charge on any atom is 0.115 e. The van der Waals surface area contributed by atoms with Gasteiger partial charge < -0.3 is 10.8 Å². The summed E-state index contributed by atoms with van der Waals surface area (Å²) in [5.41, 5.74) is 6.79. The van der Waals surface area contributed by atoms with E-state index in [2.05, 4.69) is 4.90 Å². The van der Waals surface area contributed by atoms with Crippen LogP contribution in [-0.4, -0.2) is 27.6 Å². The van der Waals surface area contributed by atoms with Gasteiger partial charge in [-0.25, -0.2) is 0 Å². The van der Waals surface area contributed by atoms with Crippen LogP contribution < -0.4 is 5.73 Å². The molecule has 1 aliphatic rings. The molecule has 0 saturated heterocycles. The van der Waals surface area contributed by atoms with Crippen molar-refractivity contribution < 1.29 is 5.11 Å². The summed E-state index contributed by atoms with van der Waals surface area (Å²) in [7, 11) is 0. The zero-order valence-electron chi connectivity index (χ0n) is 10.5. The molecule has 3 nitrogen and oxygen atoms in total. The molecule has 0 radical (unpaired) electrons. The van der Waals surface area contributed by atoms with Crippen LogP contribution in [0, 0.1) is 0 Å². The molecular formula is C14H20N2OS. The molecule has 1 fully saturated rings. The van der Waals surface area contributed by atoms with Gasteiger partial charge in [-0.3, -0.25) is 4.90 Å². The van der Waals surface area contributed by atoms with Crippen molar-refractivity contribution in [1.29, 1.82) is 0 Å². The standard InChI is InChI=1S/C14H20N2OS/c15-14(18)10-16(12-5-1-2-6-12)9-11-4-3-7-13(17)8-11/h3-4,7-8,12,17H,1-2,5-6,9-10H2,(H2,15,18). The molecule has 4 heteroatoms. The topological polar surface area (TPSA) is 49.5 Å². The first-order chi connectivity index (χ1) is 8.65. The maximum atomic E-state index is 9.50. The number of rotatable bonds is 5. The molecule has 0 heterocycles. The molecule has 0 unspecified atom stereocenters. The summed E-state index contributed by atoms with van der Waals surface area (Å²) in [5, 5.41) is 9.50. The van der Waals surface area contributed by atoms with Gasteiger partial charge in [0.05, 0.1) is 4.99 Å². The summed E-state index contributed by atoms with van der Waals surface area (Å²) in [4.78, 5) is 2.88. The number of nitrogens with two attached hydrogens (primary N) is 1. The first kappa shape index (κ1) is 13.3. The molecule has 0 bridgehead atoms. The van der Waals surface area contributed by atoms with Crippen molar-refractivity contribution in [1.82, 2.24) is 4.90 Å². The highest BCUT2D eigenvalue weighted by Crippen LogP contribution is 2.25. The van der Waals surface area contributed by atoms with Crippen LogP contribution in [0.4, 0.5) is 0 Å². The van der Waals surface area contributed by atoms with E-state index in [0.717, 1.165) is 12.1 Å². The van der Waals surface area contributed by atoms with Crippen molar-refractivity contribution in [3.8, 4) is 5.75 Å². The number of phenols is 1. The van der Waals surface area contributed by atoms with Crippen LogP contribution in [0.15, 0.2) is 24.3 Å². The monoisotopic (exact) mass is 264 g/mol. The molecule has 98 valence electrons. The van der Waals surface area contributed by atoms with Gasteiger partial charge in [0, 0.05) is 19.1 Å². The van der Waals surface area contributed by atoms with Crippen LogP contribution in [0.25, 0.3) is 0 Å². The third-order valence-corrected chi connectivity index (χ3v) is 3.63. The molecule has 1 aromatic carbocycles. The van der Waals surface area contributed by atoms with Gasteiger partial charge in [0.2, 0.25) is 0 Å². The van der Waals surface area contributed by atoms with E-state index in [0.29, 0.717) is 23.3 Å². The normalized spacial score (nSPS) is 16.3. The average molecular weight is 264 g/mol. The summed E-state index contributed by atoms with van der Waals surface area (Å²) < 4.78 is 0. The van der Waals surface area contributed by atoms with Crippen molar-refractivity contribution in [2.45, 2.75) is 38.3 Å². The van der Waals surface area contributed by atoms with Crippen LogP contribution in [-0.2, 0) is 6.54 Å². The van der Waals surface area contributed by atoms with E-state index in [4.69, 9.17) is 18.0 Å². The Bertz CT molecular complexity index is 416. The van der Waals surface area contributed by atoms with Crippen molar-refractivity contribution >= 4 is 17.2 Å². The highest BCUT2D eigenvalue weighted by atomic mass is 32.1. The zero-order chi connectivity index (χ0) is 13.0. The molecule has 0 atom stereocenters. The summed E-state index contributed by atoms with van der Waals surface area (Å²) in [6.45, 7) is 1.46. The van der Waals surface area contributed by atoms with Crippen molar-refractivity contribution in [3.63, 3.8) is 0 Å². The summed E-state index contributed by atoms with van der Waals surface area (Å²) in [5.74, 6) is 0.314. The molecule has 1 aliphatic carbocycles. The maximum absolute atomic E-state index is 9.50. The van der Waals surface area contributed by atoms with Crippen LogP contribution in [0.3, 0.4) is 0 Å². The minimum Gasteiger partial charge on any atom is -0.508 e. The lowest BCUT2D eigenvalue weighted by Crippen LogP contribution is -2.38. The van der Waals surface area contributed by atoms with Crippen LogP contribution in [0.1, 0.15) is 31.2 Å². The van der Waals surface area contributed by atoms with Crippen molar-refractivity contribution in [2.75, 3.05) is 6.54 Å². The molecule has 0 amide bonds. The molecule has 3 N–H and O–H groups in total. The smallest absolute Gasteiger partial charge is 0.115 e. The van der Waals surface area contributed by atoms with E-state index in [1.165, 1.54) is 25.7 Å². The molecule has 18 heavy (non-hydrogen) atoms. The predicted octanol–water partition coefficient (Wildman–Crippen LogP) is 2.42. The summed E-state index contributed by atoms with van der Waals surface area (Å²) in [6, 6.07) is 7.98. The molecule has 0 aromatic heterocycles. The Morgan fingerprint density at radius 2 is 2.11 bits per heavy atom. The first-order valence-electron chi connectivity index (χ1n) is 6.45. The summed E-state index contributed by atoms with van der Waals surface area (Å²) >= 11 is 5.04. The van der Waals surface area contributed by atoms with Gasteiger partial charge in [0.25, 0.3) is 0 Å². The van der Waals surface area contributed by atoms with Crippen molar-refractivity contribution in [3.05, 3.63) is 29.8 Å². The number of phenolic OH excluding ortho intramolecular Hbond substituents is 1. The fraction of sp³-hybridized carbons (Fsp3) is 0.500. The number of aromatic hydroxyl groups is 1. The van der Waals surface area contributed by atoms with E-state index < -0.39 is 0 Å². The highest BCUT2D eigenvalue weighted by Gasteiger charge is 2.23. The van der Waals surface area contributed by atoms with Crippen LogP contribution in [0.5, 0.6) is 5.75 Å². The first-order valence-corrected chi connectivity index (χ1v) is 6.86. The molecular weight excluding hydrogens is 244 g/mol. The van der Waals surface area contributed by atoms with E-state index >= 15 is 0 Å². The second-order valence-electron chi connectivity index (χ2n) is 4.98. The number of hydrogen-bond acceptors (Lipinski definition) is 3. The average Bonchev–Trinajstić information content (AvgIpc) is 2.80. The van der Waals surface area contributed by atoms with E-state index in [1.54, 1.807) is 6.07 Å². The minimum atomic E-state index is 0.314. The SMILES string of the molecule is NC(=S)CN(Cc1cccc(O)c1)C1CCCC1. The van der Waals surface area contributed by atoms with Gasteiger partial charge in [-0.2, -0.15) is 0 Å². The molecule has 1 saturated carbocycles. The van der Waals surface area contributed by atoms with E-state index in [1.807, 2.05) is 18.2 Å². The molecule has 1 aromatic rings. The highest BCUT2D eigenvalue weighted by molar-refractivity contribution is 7.80. The predicted molar refractivity (Wildman–Crippen MR) is 77.6 cm³/mol. The lowest BCUT2D eigenvalue weighted by Gasteiger charge is -2.28. The lowest BCUT2D eigenvalue weighted by molar-refractivity contribution is 0.218. The Hall–Kier alpha value is -1.13. The van der Waals surface area contributed by atoms with Gasteiger partial charge in [0.1, 0.15) is 5.75 Å². The summed E-state index contributed by atoms with van der Waals surface area (Å²) in [6.07, 6.45) is 5.03. The van der Waals surface area contributed by atoms with Gasteiger partial charge in [-0.05, 0) is 30.5 Å². The Labute approximate surface area is 114 Å². The zero-order valence-corrected chi connectivity index (χ0v) is 11.3. The second kappa shape index (κ2) is 6.16. The van der Waals surface area contributed by atoms with Crippen LogP contribution >= 0.6 is 12.2 Å². The number of hydrogen-bond donors (Lipinski definition) is 2. The Kier molecular flexibility index (Phi) is 4.55. The lowest BCUT2D eigenvalue weighted by atomic mass is 10.1. The van der Waals surface area contributed by atoms with Gasteiger partial charge in [-0.15, -0.1) is 0 Å². The van der Waals surface area contributed by atoms with E-state index in [-0.39, 0.29) is 0 Å².